The van der Waals surface area contributed by atoms with Crippen LogP contribution in [0.15, 0.2) is 0 Å². The third-order valence-corrected chi connectivity index (χ3v) is 5.26. The average molecular weight is 262 g/mol. The van der Waals surface area contributed by atoms with Crippen LogP contribution in [0.1, 0.15) is 25.7 Å². The van der Waals surface area contributed by atoms with Crippen molar-refractivity contribution in [3.63, 3.8) is 0 Å². The smallest absolute Gasteiger partial charge is 0.216 e. The summed E-state index contributed by atoms with van der Waals surface area (Å²) in [5.41, 5.74) is 0. The molecule has 2 aliphatic rings. The van der Waals surface area contributed by atoms with Crippen molar-refractivity contribution in [2.24, 2.45) is 0 Å². The normalized spacial score (nSPS) is 25.6. The van der Waals surface area contributed by atoms with Gasteiger partial charge in [0.1, 0.15) is 0 Å². The molecule has 2 rings (SSSR count). The van der Waals surface area contributed by atoms with E-state index < -0.39 is 10.0 Å². The molecule has 0 spiro atoms. The van der Waals surface area contributed by atoms with Gasteiger partial charge in [0.2, 0.25) is 10.0 Å². The Balaban J connectivity index is 1.95. The minimum Gasteiger partial charge on any atom is -0.384 e. The highest BCUT2D eigenvalue weighted by Gasteiger charge is 2.38. The van der Waals surface area contributed by atoms with E-state index >= 15 is 0 Å². The maximum absolute atomic E-state index is 12.2. The molecular formula is C11H22N2O3S. The van der Waals surface area contributed by atoms with Gasteiger partial charge in [-0.05, 0) is 32.2 Å². The molecule has 1 saturated heterocycles. The van der Waals surface area contributed by atoms with E-state index in [1.807, 2.05) is 0 Å². The Morgan fingerprint density at radius 2 is 2.12 bits per heavy atom. The monoisotopic (exact) mass is 262 g/mol. The minimum absolute atomic E-state index is 0.104. The summed E-state index contributed by atoms with van der Waals surface area (Å²) in [5, 5.41) is 3.36. The first-order valence-corrected chi connectivity index (χ1v) is 7.96. The zero-order valence-electron chi connectivity index (χ0n) is 10.4. The molecule has 1 saturated carbocycles. The molecule has 1 unspecified atom stereocenters. The van der Waals surface area contributed by atoms with Crippen LogP contribution in [-0.2, 0) is 14.8 Å². The van der Waals surface area contributed by atoms with E-state index in [0.29, 0.717) is 12.6 Å². The molecule has 0 aromatic rings. The van der Waals surface area contributed by atoms with E-state index in [-0.39, 0.29) is 18.4 Å². The largest absolute Gasteiger partial charge is 0.384 e. The van der Waals surface area contributed by atoms with Crippen LogP contribution in [0.3, 0.4) is 0 Å². The third kappa shape index (κ3) is 3.64. The van der Waals surface area contributed by atoms with Crippen LogP contribution in [0.4, 0.5) is 0 Å². The molecule has 100 valence electrons. The summed E-state index contributed by atoms with van der Waals surface area (Å²) in [6, 6.07) is 0.590. The van der Waals surface area contributed by atoms with Crippen molar-refractivity contribution in [2.75, 3.05) is 32.6 Å². The first-order valence-electron chi connectivity index (χ1n) is 6.35. The van der Waals surface area contributed by atoms with Gasteiger partial charge in [-0.2, -0.15) is 4.31 Å². The molecule has 5 nitrogen and oxygen atoms in total. The number of nitrogens with zero attached hydrogens (tertiary/aromatic N) is 1. The lowest BCUT2D eigenvalue weighted by Crippen LogP contribution is -2.43. The summed E-state index contributed by atoms with van der Waals surface area (Å²) in [6.07, 6.45) is 4.27. The molecule has 1 aliphatic carbocycles. The molecule has 0 bridgehead atoms. The van der Waals surface area contributed by atoms with Crippen molar-refractivity contribution >= 4 is 10.0 Å². The summed E-state index contributed by atoms with van der Waals surface area (Å²) in [7, 11) is -1.60. The first-order chi connectivity index (χ1) is 8.13. The Labute approximate surface area is 104 Å². The van der Waals surface area contributed by atoms with Crippen LogP contribution in [0.2, 0.25) is 0 Å². The second-order valence-corrected chi connectivity index (χ2v) is 6.94. The second kappa shape index (κ2) is 5.65. The van der Waals surface area contributed by atoms with Gasteiger partial charge in [-0.15, -0.1) is 0 Å². The summed E-state index contributed by atoms with van der Waals surface area (Å²) < 4.78 is 30.9. The molecule has 1 heterocycles. The van der Waals surface area contributed by atoms with Crippen LogP contribution >= 0.6 is 0 Å². The van der Waals surface area contributed by atoms with Crippen LogP contribution in [0, 0.1) is 0 Å². The van der Waals surface area contributed by atoms with E-state index in [0.717, 1.165) is 32.2 Å². The number of hydrogen-bond donors (Lipinski definition) is 1. The SMILES string of the molecule is COCCS(=O)(=O)N(CC1CCCN1)C1CC1. The molecule has 6 heteroatoms. The molecular weight excluding hydrogens is 240 g/mol. The van der Waals surface area contributed by atoms with Gasteiger partial charge in [-0.3, -0.25) is 0 Å². The number of ether oxygens (including phenoxy) is 1. The van der Waals surface area contributed by atoms with Crippen LogP contribution in [0.5, 0.6) is 0 Å². The number of methoxy groups -OCH3 is 1. The lowest BCUT2D eigenvalue weighted by molar-refractivity contribution is 0.215. The highest BCUT2D eigenvalue weighted by molar-refractivity contribution is 7.89. The fourth-order valence-corrected chi connectivity index (χ4v) is 3.97. The summed E-state index contributed by atoms with van der Waals surface area (Å²) >= 11 is 0. The van der Waals surface area contributed by atoms with Gasteiger partial charge in [0.05, 0.1) is 12.4 Å². The summed E-state index contributed by atoms with van der Waals surface area (Å²) in [6.45, 7) is 1.93. The number of nitrogens with one attached hydrogen (secondary N) is 1. The third-order valence-electron chi connectivity index (χ3n) is 3.42. The van der Waals surface area contributed by atoms with Gasteiger partial charge >= 0.3 is 0 Å². The Morgan fingerprint density at radius 3 is 2.65 bits per heavy atom. The zero-order chi connectivity index (χ0) is 12.3. The quantitative estimate of drug-likeness (QED) is 0.711. The molecule has 1 atom stereocenters. The van der Waals surface area contributed by atoms with Gasteiger partial charge in [0, 0.05) is 25.7 Å². The van der Waals surface area contributed by atoms with Crippen molar-refractivity contribution in [1.82, 2.24) is 9.62 Å². The molecule has 2 fully saturated rings. The predicted octanol–water partition coefficient (Wildman–Crippen LogP) is 0.179. The molecule has 0 radical (unpaired) electrons. The summed E-state index contributed by atoms with van der Waals surface area (Å²) in [5.74, 6) is 0.104. The lowest BCUT2D eigenvalue weighted by atomic mass is 10.2. The van der Waals surface area contributed by atoms with Gasteiger partial charge in [0.15, 0.2) is 0 Å². The fourth-order valence-electron chi connectivity index (χ4n) is 2.29. The zero-order valence-corrected chi connectivity index (χ0v) is 11.2. The molecule has 0 amide bonds. The highest BCUT2D eigenvalue weighted by Crippen LogP contribution is 2.30. The Hall–Kier alpha value is -0.170. The van der Waals surface area contributed by atoms with Crippen molar-refractivity contribution in [3.05, 3.63) is 0 Å². The molecule has 1 aliphatic heterocycles. The van der Waals surface area contributed by atoms with Crippen molar-refractivity contribution < 1.29 is 13.2 Å². The average Bonchev–Trinajstić information content (AvgIpc) is 3.00. The minimum atomic E-state index is -3.14. The fraction of sp³-hybridized carbons (Fsp3) is 1.00. The Kier molecular flexibility index (Phi) is 4.41. The van der Waals surface area contributed by atoms with E-state index in [1.54, 1.807) is 4.31 Å². The number of rotatable bonds is 7. The molecule has 1 N–H and O–H groups in total. The maximum Gasteiger partial charge on any atom is 0.216 e. The van der Waals surface area contributed by atoms with Gasteiger partial charge in [0.25, 0.3) is 0 Å². The van der Waals surface area contributed by atoms with Crippen LogP contribution < -0.4 is 5.32 Å². The Bertz CT molecular complexity index is 335. The van der Waals surface area contributed by atoms with Crippen molar-refractivity contribution in [3.8, 4) is 0 Å². The second-order valence-electron chi connectivity index (χ2n) is 4.90. The first kappa shape index (κ1) is 13.3. The van der Waals surface area contributed by atoms with Gasteiger partial charge < -0.3 is 10.1 Å². The van der Waals surface area contributed by atoms with Crippen molar-refractivity contribution in [1.29, 1.82) is 0 Å². The van der Waals surface area contributed by atoms with Crippen LogP contribution in [0.25, 0.3) is 0 Å². The van der Waals surface area contributed by atoms with E-state index in [2.05, 4.69) is 5.32 Å². The Morgan fingerprint density at radius 1 is 1.35 bits per heavy atom. The molecule has 17 heavy (non-hydrogen) atoms. The van der Waals surface area contributed by atoms with Crippen LogP contribution in [-0.4, -0.2) is 57.4 Å². The standard InChI is InChI=1S/C11H22N2O3S/c1-16-7-8-17(14,15)13(11-4-5-11)9-10-3-2-6-12-10/h10-12H,2-9H2,1H3. The highest BCUT2D eigenvalue weighted by atomic mass is 32.2. The number of hydrogen-bond acceptors (Lipinski definition) is 4. The predicted molar refractivity (Wildman–Crippen MR) is 66.4 cm³/mol. The van der Waals surface area contributed by atoms with E-state index in [1.165, 1.54) is 7.11 Å². The summed E-state index contributed by atoms with van der Waals surface area (Å²) in [4.78, 5) is 0. The number of sulfonamides is 1. The molecule has 0 aromatic carbocycles. The van der Waals surface area contributed by atoms with Crippen molar-refractivity contribution in [2.45, 2.75) is 37.8 Å². The van der Waals surface area contributed by atoms with Gasteiger partial charge in [-0.25, -0.2) is 8.42 Å². The van der Waals surface area contributed by atoms with E-state index in [4.69, 9.17) is 4.74 Å². The topological polar surface area (TPSA) is 58.6 Å². The van der Waals surface area contributed by atoms with E-state index in [9.17, 15) is 8.42 Å². The molecule has 0 aromatic heterocycles. The lowest BCUT2D eigenvalue weighted by Gasteiger charge is -2.25. The maximum atomic E-state index is 12.2. The van der Waals surface area contributed by atoms with Gasteiger partial charge in [-0.1, -0.05) is 0 Å².